The molecule has 14 nitrogen and oxygen atoms in total. The SMILES string of the molecule is NCCN.[Co+3].[N-]=[N+]=[N-].[N-]=[N+]=[N-].[N-]=[N+]=[N-].[N-]=[N+]=[N-]. The van der Waals surface area contributed by atoms with Gasteiger partial charge in [0.05, 0.1) is 0 Å². The molecule has 0 heterocycles. The van der Waals surface area contributed by atoms with Crippen LogP contribution in [-0.2, 0) is 16.8 Å². The van der Waals surface area contributed by atoms with E-state index in [-0.39, 0.29) is 16.8 Å². The molecule has 0 atom stereocenters. The number of rotatable bonds is 1. The van der Waals surface area contributed by atoms with Crippen molar-refractivity contribution in [3.05, 3.63) is 63.9 Å². The largest absolute Gasteiger partial charge is 3.00 e. The van der Waals surface area contributed by atoms with Crippen LogP contribution in [-0.4, -0.2) is 13.1 Å². The Kier molecular flexibility index (Phi) is 350. The Morgan fingerprint density at radius 1 is 0.529 bits per heavy atom. The molecule has 0 unspecified atom stereocenters. The van der Waals surface area contributed by atoms with E-state index in [2.05, 4.69) is 0 Å². The van der Waals surface area contributed by atoms with Crippen molar-refractivity contribution in [3.8, 4) is 0 Å². The first-order chi connectivity index (χ1) is 7.57. The molecule has 0 aliphatic heterocycles. The Labute approximate surface area is 106 Å². The average molecular weight is 287 g/mol. The van der Waals surface area contributed by atoms with Gasteiger partial charge in [-0.3, -0.25) is 19.6 Å². The molecule has 15 heteroatoms. The van der Waals surface area contributed by atoms with E-state index in [1.54, 1.807) is 0 Å². The van der Waals surface area contributed by atoms with Gasteiger partial charge in [-0.1, -0.05) is 0 Å². The number of hydrogen-bond acceptors (Lipinski definition) is 2. The summed E-state index contributed by atoms with van der Waals surface area (Å²) < 4.78 is 0. The fraction of sp³-hybridized carbons (Fsp3) is 1.00. The van der Waals surface area contributed by atoms with E-state index in [0.717, 1.165) is 0 Å². The van der Waals surface area contributed by atoms with E-state index in [1.165, 1.54) is 19.6 Å². The molecule has 0 aromatic carbocycles. The van der Waals surface area contributed by atoms with Crippen molar-refractivity contribution in [2.75, 3.05) is 13.1 Å². The van der Waals surface area contributed by atoms with Crippen LogP contribution in [0.1, 0.15) is 0 Å². The Bertz CT molecular complexity index is 169. The van der Waals surface area contributed by atoms with Crippen LogP contribution in [0.25, 0.3) is 63.9 Å². The molecule has 0 bridgehead atoms. The molecule has 0 spiro atoms. The van der Waals surface area contributed by atoms with Gasteiger partial charge in [0.2, 0.25) is 0 Å². The summed E-state index contributed by atoms with van der Waals surface area (Å²) in [7, 11) is 0. The van der Waals surface area contributed by atoms with Gasteiger partial charge >= 0.3 is 16.8 Å². The predicted octanol–water partition coefficient (Wildman–Crippen LogP) is 2.37. The Hall–Kier alpha value is -2.33. The molecule has 17 heavy (non-hydrogen) atoms. The molecule has 0 aromatic rings. The van der Waals surface area contributed by atoms with Crippen LogP contribution in [0, 0.1) is 0 Å². The predicted molar refractivity (Wildman–Crippen MR) is 58.4 cm³/mol. The Morgan fingerprint density at radius 2 is 0.588 bits per heavy atom. The minimum atomic E-state index is 0. The van der Waals surface area contributed by atoms with Gasteiger partial charge in [-0.15, -0.1) is 0 Å². The summed E-state index contributed by atoms with van der Waals surface area (Å²) in [6, 6.07) is 0. The average Bonchev–Trinajstić information content (AvgIpc) is 2.22. The maximum Gasteiger partial charge on any atom is 3.00 e. The fourth-order valence-electron chi connectivity index (χ4n) is 0. The van der Waals surface area contributed by atoms with Crippen LogP contribution in [0.5, 0.6) is 0 Å². The Morgan fingerprint density at radius 3 is 0.588 bits per heavy atom. The standard InChI is InChI=1S/C2H8N2.Co.4N3/c3-1-2-4;;4*1-3-2/h1-4H2;;;;;/q;+3;4*-1. The summed E-state index contributed by atoms with van der Waals surface area (Å²) in [5.41, 5.74) is 63.8. The van der Waals surface area contributed by atoms with Crippen LogP contribution in [0.15, 0.2) is 0 Å². The van der Waals surface area contributed by atoms with Gasteiger partial charge in [0.25, 0.3) is 0 Å². The van der Waals surface area contributed by atoms with Crippen molar-refractivity contribution >= 4 is 0 Å². The minimum Gasteiger partial charge on any atom is -0.373 e. The smallest absolute Gasteiger partial charge is 0.373 e. The summed E-state index contributed by atoms with van der Waals surface area (Å²) in [6.07, 6.45) is 0. The zero-order valence-corrected chi connectivity index (χ0v) is 9.31. The fourth-order valence-corrected chi connectivity index (χ4v) is 0. The topological polar surface area (TPSA) is 287 Å². The first-order valence-electron chi connectivity index (χ1n) is 2.92. The minimum absolute atomic E-state index is 0. The maximum atomic E-state index is 6.75. The van der Waals surface area contributed by atoms with E-state index in [9.17, 15) is 0 Å². The molecule has 96 valence electrons. The number of hydrogen-bond donors (Lipinski definition) is 2. The first kappa shape index (κ1) is 36.5. The molecule has 0 radical (unpaired) electrons. The summed E-state index contributed by atoms with van der Waals surface area (Å²) in [5, 5.41) is 0. The molecule has 0 fully saturated rings. The zero-order valence-electron chi connectivity index (χ0n) is 8.27. The van der Waals surface area contributed by atoms with Crippen molar-refractivity contribution in [1.82, 2.24) is 0 Å². The summed E-state index contributed by atoms with van der Waals surface area (Å²) in [4.78, 5) is 6.00. The number of nitrogens with two attached hydrogens (primary N) is 2. The molecular weight excluding hydrogens is 279 g/mol. The van der Waals surface area contributed by atoms with E-state index in [0.29, 0.717) is 13.1 Å². The van der Waals surface area contributed by atoms with E-state index in [4.69, 9.17) is 55.7 Å². The molecule has 0 saturated heterocycles. The van der Waals surface area contributed by atoms with Crippen molar-refractivity contribution in [1.29, 1.82) is 0 Å². The third-order valence-corrected chi connectivity index (χ3v) is 0.167. The van der Waals surface area contributed by atoms with Crippen LogP contribution in [0.3, 0.4) is 0 Å². The van der Waals surface area contributed by atoms with Crippen molar-refractivity contribution in [2.24, 2.45) is 11.5 Å². The van der Waals surface area contributed by atoms with Gasteiger partial charge in [0, 0.05) is 13.1 Å². The van der Waals surface area contributed by atoms with E-state index < -0.39 is 0 Å². The second kappa shape index (κ2) is 163. The Balaban J connectivity index is -0.0000000221. The van der Waals surface area contributed by atoms with Crippen molar-refractivity contribution in [3.63, 3.8) is 0 Å². The van der Waals surface area contributed by atoms with Crippen LogP contribution >= 0.6 is 0 Å². The third-order valence-electron chi connectivity index (χ3n) is 0.167. The summed E-state index contributed by atoms with van der Waals surface area (Å²) in [5.74, 6) is 0. The van der Waals surface area contributed by atoms with Crippen LogP contribution in [0.2, 0.25) is 0 Å². The number of nitrogens with zero attached hydrogens (tertiary/aromatic N) is 12. The second-order valence-corrected chi connectivity index (χ2v) is 0.935. The molecule has 0 rings (SSSR count). The van der Waals surface area contributed by atoms with Crippen molar-refractivity contribution < 1.29 is 16.8 Å². The van der Waals surface area contributed by atoms with Gasteiger partial charge in [-0.05, 0) is 0 Å². The quantitative estimate of drug-likeness (QED) is 0.416. The van der Waals surface area contributed by atoms with E-state index >= 15 is 0 Å². The third kappa shape index (κ3) is 1050. The normalized spacial score (nSPS) is 3.65. The van der Waals surface area contributed by atoms with Gasteiger partial charge in [-0.2, -0.15) is 0 Å². The van der Waals surface area contributed by atoms with Gasteiger partial charge in [-0.25, -0.2) is 0 Å². The molecule has 4 N–H and O–H groups in total. The van der Waals surface area contributed by atoms with Crippen LogP contribution in [0.4, 0.5) is 0 Å². The van der Waals surface area contributed by atoms with Gasteiger partial charge in [0.15, 0.2) is 0 Å². The molecule has 0 aliphatic rings. The van der Waals surface area contributed by atoms with Crippen LogP contribution < -0.4 is 11.5 Å². The molecular formula is C2H8CoN14-. The summed E-state index contributed by atoms with van der Waals surface area (Å²) >= 11 is 0. The monoisotopic (exact) mass is 287 g/mol. The molecule has 0 amide bonds. The van der Waals surface area contributed by atoms with Gasteiger partial charge in [0.1, 0.15) is 0 Å². The zero-order chi connectivity index (χ0) is 14.2. The van der Waals surface area contributed by atoms with Gasteiger partial charge < -0.3 is 55.7 Å². The second-order valence-electron chi connectivity index (χ2n) is 0.935. The maximum absolute atomic E-state index is 6.75. The van der Waals surface area contributed by atoms with Crippen molar-refractivity contribution in [2.45, 2.75) is 0 Å². The first-order valence-corrected chi connectivity index (χ1v) is 2.92. The molecule has 0 aromatic heterocycles. The van der Waals surface area contributed by atoms with E-state index in [1.807, 2.05) is 0 Å². The molecule has 0 aliphatic carbocycles. The summed E-state index contributed by atoms with van der Waals surface area (Å²) in [6.45, 7) is 1.19. The molecule has 0 saturated carbocycles.